The molecular formula is C22H26N4O7S. The molecule has 1 amide bonds. The minimum absolute atomic E-state index is 0.0456. The summed E-state index contributed by atoms with van der Waals surface area (Å²) in [6.45, 7) is 2.34. The smallest absolute Gasteiger partial charge is 0.343 e. The van der Waals surface area contributed by atoms with Gasteiger partial charge in [-0.2, -0.15) is 0 Å². The normalized spacial score (nSPS) is 13.5. The van der Waals surface area contributed by atoms with E-state index in [0.717, 1.165) is 5.56 Å². The highest BCUT2D eigenvalue weighted by atomic mass is 32.2. The Balaban J connectivity index is 0.000000739. The van der Waals surface area contributed by atoms with Crippen LogP contribution in [0.5, 0.6) is 5.75 Å². The van der Waals surface area contributed by atoms with Crippen molar-refractivity contribution in [3.05, 3.63) is 65.7 Å². The summed E-state index contributed by atoms with van der Waals surface area (Å²) in [5.41, 5.74) is 12.6. The van der Waals surface area contributed by atoms with Crippen LogP contribution >= 0.6 is 0 Å². The Morgan fingerprint density at radius 2 is 1.62 bits per heavy atom. The highest BCUT2D eigenvalue weighted by Crippen LogP contribution is 2.16. The highest BCUT2D eigenvalue weighted by molar-refractivity contribution is 7.84. The van der Waals surface area contributed by atoms with Gasteiger partial charge in [0.1, 0.15) is 5.75 Å². The molecule has 11 nitrogen and oxygen atoms in total. The molecule has 3 rings (SSSR count). The van der Waals surface area contributed by atoms with Crippen LogP contribution in [0.2, 0.25) is 0 Å². The fourth-order valence-corrected chi connectivity index (χ4v) is 2.73. The molecule has 0 atom stereocenters. The Labute approximate surface area is 197 Å². The average molecular weight is 491 g/mol. The number of carbonyl (C=O) groups is 2. The average Bonchev–Trinajstić information content (AvgIpc) is 2.78. The van der Waals surface area contributed by atoms with Gasteiger partial charge in [-0.25, -0.2) is 18.2 Å². The third kappa shape index (κ3) is 10.3. The summed E-state index contributed by atoms with van der Waals surface area (Å²) in [4.78, 5) is 28.9. The molecule has 1 fully saturated rings. The molecule has 0 spiro atoms. The second-order valence-corrected chi connectivity index (χ2v) is 8.50. The van der Waals surface area contributed by atoms with E-state index in [0.29, 0.717) is 49.6 Å². The molecule has 0 bridgehead atoms. The molecule has 5 N–H and O–H groups in total. The molecule has 1 heterocycles. The maximum absolute atomic E-state index is 12.3. The molecule has 12 heteroatoms. The maximum Gasteiger partial charge on any atom is 0.343 e. The van der Waals surface area contributed by atoms with Gasteiger partial charge in [0.05, 0.1) is 34.6 Å². The van der Waals surface area contributed by atoms with E-state index in [1.54, 1.807) is 59.5 Å². The summed E-state index contributed by atoms with van der Waals surface area (Å²) < 4.78 is 37.8. The number of esters is 1. The Kier molecular flexibility index (Phi) is 9.74. The van der Waals surface area contributed by atoms with E-state index in [1.807, 2.05) is 0 Å². The molecule has 0 aliphatic carbocycles. The van der Waals surface area contributed by atoms with Crippen LogP contribution in [0.4, 0.5) is 5.69 Å². The van der Waals surface area contributed by atoms with Crippen molar-refractivity contribution in [1.29, 1.82) is 0 Å². The van der Waals surface area contributed by atoms with Gasteiger partial charge in [-0.3, -0.25) is 16.3 Å². The van der Waals surface area contributed by atoms with Gasteiger partial charge in [0.25, 0.3) is 0 Å². The van der Waals surface area contributed by atoms with Gasteiger partial charge in [0, 0.05) is 25.4 Å². The fraction of sp³-hybridized carbons (Fsp3) is 0.227. The van der Waals surface area contributed by atoms with Gasteiger partial charge in [0.15, 0.2) is 0 Å². The number of nitrogens with two attached hydrogens (primary N) is 2. The van der Waals surface area contributed by atoms with E-state index >= 15 is 0 Å². The minimum atomic E-state index is -3.92. The van der Waals surface area contributed by atoms with Gasteiger partial charge in [-0.15, -0.1) is 0 Å². The molecule has 2 aromatic carbocycles. The summed E-state index contributed by atoms with van der Waals surface area (Å²) in [6, 6.07) is 13.5. The lowest BCUT2D eigenvalue weighted by molar-refractivity contribution is -0.356. The Morgan fingerprint density at radius 3 is 2.15 bits per heavy atom. The lowest BCUT2D eigenvalue weighted by Crippen LogP contribution is -2.72. The molecule has 1 saturated heterocycles. The molecule has 0 unspecified atom stereocenters. The summed E-state index contributed by atoms with van der Waals surface area (Å²) in [7, 11) is -3.92. The van der Waals surface area contributed by atoms with E-state index in [2.05, 4.69) is 4.99 Å². The van der Waals surface area contributed by atoms with Gasteiger partial charge in [-0.1, -0.05) is 12.1 Å². The van der Waals surface area contributed by atoms with Crippen molar-refractivity contribution < 1.29 is 37.0 Å². The van der Waals surface area contributed by atoms with E-state index in [4.69, 9.17) is 33.9 Å². The zero-order chi connectivity index (χ0) is 25.1. The quantitative estimate of drug-likeness (QED) is 0.117. The zero-order valence-corrected chi connectivity index (χ0v) is 19.3. The number of amides is 1. The predicted octanol–water partition coefficient (Wildman–Crippen LogP) is -1.08. The number of ether oxygens (including phenoxy) is 2. The van der Waals surface area contributed by atoms with Crippen LogP contribution in [0.1, 0.15) is 15.9 Å². The lowest BCUT2D eigenvalue weighted by Gasteiger charge is -2.25. The molecule has 1 aliphatic heterocycles. The van der Waals surface area contributed by atoms with Crippen molar-refractivity contribution in [2.24, 2.45) is 11.5 Å². The molecule has 1 aliphatic rings. The van der Waals surface area contributed by atoms with Crippen LogP contribution in [0, 0.1) is 0 Å². The number of nitrogens with zero attached hydrogens (tertiary/aromatic N) is 1. The van der Waals surface area contributed by atoms with Gasteiger partial charge < -0.3 is 18.9 Å². The Morgan fingerprint density at radius 1 is 1.06 bits per heavy atom. The minimum Gasteiger partial charge on any atom is -0.748 e. The van der Waals surface area contributed by atoms with Crippen molar-refractivity contribution >= 4 is 39.7 Å². The Bertz CT molecular complexity index is 1130. The second-order valence-electron chi connectivity index (χ2n) is 7.09. The van der Waals surface area contributed by atoms with Crippen molar-refractivity contribution in [3.63, 3.8) is 0 Å². The standard InChI is InChI=1S/C21H22N4O4.CH4O3S/c22-21(23)24-17-6-4-16(5-7-17)20(27)29-18-8-1-15(2-9-18)3-10-19(26)25-11-13-28-14-12-25;1-5(2,3)4/h1-10H,11-14H2,(H4,22,23,24);1H3,(H,2,3,4)/b10-3+;. The third-order valence-corrected chi connectivity index (χ3v) is 4.24. The van der Waals surface area contributed by atoms with Crippen molar-refractivity contribution in [2.75, 3.05) is 32.6 Å². The molecule has 0 aromatic heterocycles. The van der Waals surface area contributed by atoms with Crippen LogP contribution in [0.3, 0.4) is 0 Å². The predicted molar refractivity (Wildman–Crippen MR) is 124 cm³/mol. The number of nitrogens with one attached hydrogen (secondary N) is 1. The molecule has 182 valence electrons. The summed E-state index contributed by atoms with van der Waals surface area (Å²) in [6.07, 6.45) is 3.87. The fourth-order valence-electron chi connectivity index (χ4n) is 2.73. The van der Waals surface area contributed by atoms with Crippen LogP contribution in [0.15, 0.2) is 54.6 Å². The summed E-state index contributed by atoms with van der Waals surface area (Å²) in [5.74, 6) is -0.0442. The summed E-state index contributed by atoms with van der Waals surface area (Å²) >= 11 is 0. The van der Waals surface area contributed by atoms with E-state index in [1.165, 1.54) is 6.08 Å². The number of carbonyl (C=O) groups excluding carboxylic acids is 2. The molecule has 0 radical (unpaired) electrons. The molecule has 2 aromatic rings. The number of hydrogen-bond donors (Lipinski definition) is 3. The first-order chi connectivity index (χ1) is 16.0. The largest absolute Gasteiger partial charge is 0.748 e. The first-order valence-corrected chi connectivity index (χ1v) is 11.9. The van der Waals surface area contributed by atoms with E-state index in [-0.39, 0.29) is 11.9 Å². The molecule has 34 heavy (non-hydrogen) atoms. The number of benzene rings is 2. The second kappa shape index (κ2) is 12.5. The third-order valence-electron chi connectivity index (χ3n) is 4.24. The first-order valence-electron chi connectivity index (χ1n) is 10.0. The Hall–Kier alpha value is -3.74. The van der Waals surface area contributed by atoms with Gasteiger partial charge >= 0.3 is 11.9 Å². The monoisotopic (exact) mass is 490 g/mol. The van der Waals surface area contributed by atoms with Crippen LogP contribution in [-0.4, -0.2) is 68.3 Å². The number of morpholine rings is 1. The van der Waals surface area contributed by atoms with Crippen LogP contribution in [0.25, 0.3) is 6.08 Å². The van der Waals surface area contributed by atoms with Gasteiger partial charge in [-0.05, 0) is 48.0 Å². The first kappa shape index (κ1) is 26.5. The SMILES string of the molecule is CS(=O)(=O)[O-].NC(N)=[NH+]c1ccc(C(=O)Oc2ccc(/C=C/C(=O)N3CCOCC3)cc2)cc1. The van der Waals surface area contributed by atoms with Crippen molar-refractivity contribution in [3.8, 4) is 5.75 Å². The van der Waals surface area contributed by atoms with Crippen molar-refractivity contribution in [2.45, 2.75) is 0 Å². The number of rotatable bonds is 5. The maximum atomic E-state index is 12.3. The molecular weight excluding hydrogens is 464 g/mol. The van der Waals surface area contributed by atoms with E-state index in [9.17, 15) is 9.59 Å². The van der Waals surface area contributed by atoms with Crippen LogP contribution in [-0.2, 0) is 19.6 Å². The van der Waals surface area contributed by atoms with Crippen LogP contribution < -0.4 is 21.2 Å². The van der Waals surface area contributed by atoms with Crippen molar-refractivity contribution in [1.82, 2.24) is 4.90 Å². The molecule has 0 saturated carbocycles. The number of hydrogen-bond acceptors (Lipinski definition) is 7. The lowest BCUT2D eigenvalue weighted by atomic mass is 10.2. The zero-order valence-electron chi connectivity index (χ0n) is 18.5. The number of guanidine groups is 1. The summed E-state index contributed by atoms with van der Waals surface area (Å²) in [5, 5.41) is 0. The highest BCUT2D eigenvalue weighted by Gasteiger charge is 2.14. The van der Waals surface area contributed by atoms with E-state index < -0.39 is 16.1 Å². The van der Waals surface area contributed by atoms with Gasteiger partial charge in [0.2, 0.25) is 5.91 Å². The topological polar surface area (TPSA) is 179 Å².